The van der Waals surface area contributed by atoms with Gasteiger partial charge in [-0.25, -0.2) is 18.1 Å². The number of amides is 1. The number of carbonyl (C=O) groups is 1. The number of nitrogens with one attached hydrogen (secondary N) is 3. The zero-order valence-corrected chi connectivity index (χ0v) is 13.3. The molecule has 1 heterocycles. The Hall–Kier alpha value is -1.39. The van der Waals surface area contributed by atoms with Crippen LogP contribution < -0.4 is 21.1 Å². The first-order valence-electron chi connectivity index (χ1n) is 6.61. The predicted molar refractivity (Wildman–Crippen MR) is 83.0 cm³/mol. The number of anilines is 2. The van der Waals surface area contributed by atoms with Crippen LogP contribution >= 0.6 is 11.3 Å². The molecule has 1 amide bonds. The first-order valence-corrected chi connectivity index (χ1v) is 9.31. The lowest BCUT2D eigenvalue weighted by molar-refractivity contribution is 0.0958. The zero-order valence-electron chi connectivity index (χ0n) is 11.7. The first kappa shape index (κ1) is 16.0. The van der Waals surface area contributed by atoms with E-state index in [1.54, 1.807) is 0 Å². The number of nitrogen functional groups attached to an aromatic ring is 1. The minimum absolute atomic E-state index is 0.218. The molecule has 0 aromatic carbocycles. The van der Waals surface area contributed by atoms with Gasteiger partial charge in [-0.1, -0.05) is 11.3 Å². The number of nitrogens with zero attached hydrogens (tertiary/aromatic N) is 1. The molecule has 10 heteroatoms. The summed E-state index contributed by atoms with van der Waals surface area (Å²) in [7, 11) is -3.18. The minimum Gasteiger partial charge on any atom is -0.382 e. The van der Waals surface area contributed by atoms with Gasteiger partial charge in [0.2, 0.25) is 10.0 Å². The van der Waals surface area contributed by atoms with E-state index in [1.165, 1.54) is 11.3 Å². The molecule has 1 aliphatic carbocycles. The van der Waals surface area contributed by atoms with Crippen molar-refractivity contribution in [2.45, 2.75) is 25.3 Å². The smallest absolute Gasteiger partial charge is 0.265 e. The second-order valence-corrected chi connectivity index (χ2v) is 7.76. The number of sulfonamides is 1. The third kappa shape index (κ3) is 5.48. The highest BCUT2D eigenvalue weighted by atomic mass is 32.2. The number of carbonyl (C=O) groups excluding carboxylic acids is 1. The molecule has 0 aliphatic heterocycles. The van der Waals surface area contributed by atoms with Crippen LogP contribution in [0.3, 0.4) is 0 Å². The maximum absolute atomic E-state index is 12.0. The molecule has 0 spiro atoms. The molecule has 2 rings (SSSR count). The topological polar surface area (TPSA) is 126 Å². The van der Waals surface area contributed by atoms with Crippen LogP contribution in [0.2, 0.25) is 0 Å². The largest absolute Gasteiger partial charge is 0.382 e. The van der Waals surface area contributed by atoms with Crippen molar-refractivity contribution in [2.75, 3.05) is 30.4 Å². The summed E-state index contributed by atoms with van der Waals surface area (Å²) >= 11 is 1.23. The van der Waals surface area contributed by atoms with Gasteiger partial charge in [-0.3, -0.25) is 4.79 Å². The van der Waals surface area contributed by atoms with Crippen molar-refractivity contribution in [1.82, 2.24) is 15.0 Å². The lowest BCUT2D eigenvalue weighted by Gasteiger charge is -2.04. The lowest BCUT2D eigenvalue weighted by Crippen LogP contribution is -2.29. The van der Waals surface area contributed by atoms with E-state index in [0.717, 1.165) is 19.1 Å². The normalized spacial score (nSPS) is 14.9. The van der Waals surface area contributed by atoms with Gasteiger partial charge < -0.3 is 16.4 Å². The monoisotopic (exact) mass is 333 g/mol. The molecule has 1 aromatic heterocycles. The van der Waals surface area contributed by atoms with E-state index in [-0.39, 0.29) is 18.3 Å². The van der Waals surface area contributed by atoms with E-state index >= 15 is 0 Å². The Bertz CT molecular complexity index is 609. The van der Waals surface area contributed by atoms with Gasteiger partial charge >= 0.3 is 0 Å². The van der Waals surface area contributed by atoms with Crippen LogP contribution in [-0.4, -0.2) is 44.7 Å². The second-order valence-electron chi connectivity index (χ2n) is 4.93. The molecule has 1 aliphatic rings. The summed E-state index contributed by atoms with van der Waals surface area (Å²) in [6.45, 7) is 0.649. The maximum atomic E-state index is 12.0. The number of thiazole rings is 1. The van der Waals surface area contributed by atoms with E-state index in [2.05, 4.69) is 20.3 Å². The summed E-state index contributed by atoms with van der Waals surface area (Å²) in [5.74, 6) is -0.0666. The third-order valence-corrected chi connectivity index (χ3v) is 4.50. The zero-order chi connectivity index (χ0) is 15.5. The summed E-state index contributed by atoms with van der Waals surface area (Å²) in [5, 5.41) is 6.56. The SMILES string of the molecule is CS(=O)(=O)NCCCNC(=O)c1sc(NC2CC2)nc1N. The van der Waals surface area contributed by atoms with Gasteiger partial charge in [0.1, 0.15) is 10.7 Å². The number of nitrogens with two attached hydrogens (primary N) is 1. The highest BCUT2D eigenvalue weighted by Crippen LogP contribution is 2.30. The van der Waals surface area contributed by atoms with E-state index < -0.39 is 10.0 Å². The maximum Gasteiger partial charge on any atom is 0.265 e. The quantitative estimate of drug-likeness (QED) is 0.495. The summed E-state index contributed by atoms with van der Waals surface area (Å²) < 4.78 is 24.1. The van der Waals surface area contributed by atoms with E-state index in [0.29, 0.717) is 29.0 Å². The van der Waals surface area contributed by atoms with E-state index in [9.17, 15) is 13.2 Å². The second kappa shape index (κ2) is 6.58. The fourth-order valence-corrected chi connectivity index (χ4v) is 2.98. The van der Waals surface area contributed by atoms with Crippen LogP contribution in [0.5, 0.6) is 0 Å². The van der Waals surface area contributed by atoms with Crippen LogP contribution in [0.1, 0.15) is 28.9 Å². The van der Waals surface area contributed by atoms with Crippen LogP contribution in [0.25, 0.3) is 0 Å². The van der Waals surface area contributed by atoms with E-state index in [1.807, 2.05) is 0 Å². The molecule has 5 N–H and O–H groups in total. The van der Waals surface area contributed by atoms with Gasteiger partial charge in [-0.05, 0) is 19.3 Å². The minimum atomic E-state index is -3.18. The summed E-state index contributed by atoms with van der Waals surface area (Å²) in [6, 6.07) is 0.452. The van der Waals surface area contributed by atoms with Crippen molar-refractivity contribution in [3.63, 3.8) is 0 Å². The van der Waals surface area contributed by atoms with Crippen molar-refractivity contribution in [2.24, 2.45) is 0 Å². The van der Waals surface area contributed by atoms with Crippen LogP contribution in [-0.2, 0) is 10.0 Å². The Morgan fingerprint density at radius 2 is 2.14 bits per heavy atom. The molecule has 0 saturated heterocycles. The van der Waals surface area contributed by atoms with Gasteiger partial charge in [0.15, 0.2) is 5.13 Å². The average Bonchev–Trinajstić information content (AvgIpc) is 3.09. The summed E-state index contributed by atoms with van der Waals surface area (Å²) in [5.41, 5.74) is 5.73. The molecule has 1 saturated carbocycles. The Kier molecular flexibility index (Phi) is 5.01. The van der Waals surface area contributed by atoms with Crippen molar-refractivity contribution >= 4 is 38.2 Å². The fraction of sp³-hybridized carbons (Fsp3) is 0.636. The van der Waals surface area contributed by atoms with Crippen molar-refractivity contribution in [1.29, 1.82) is 0 Å². The molecule has 0 bridgehead atoms. The highest BCUT2D eigenvalue weighted by molar-refractivity contribution is 7.88. The molecule has 1 aromatic rings. The standard InChI is InChI=1S/C11H19N5O3S2/c1-21(18,19)14-6-2-5-13-10(17)8-9(12)16-11(20-8)15-7-3-4-7/h7,14H,2-6,12H2,1H3,(H,13,17)(H,15,16). The molecule has 118 valence electrons. The van der Waals surface area contributed by atoms with Crippen molar-refractivity contribution in [3.8, 4) is 0 Å². The summed E-state index contributed by atoms with van der Waals surface area (Å²) in [6.07, 6.45) is 3.84. The molecule has 8 nitrogen and oxygen atoms in total. The van der Waals surface area contributed by atoms with Crippen LogP contribution in [0.4, 0.5) is 10.9 Å². The van der Waals surface area contributed by atoms with Gasteiger partial charge in [0, 0.05) is 19.1 Å². The fourth-order valence-electron chi connectivity index (χ4n) is 1.59. The molecule has 0 unspecified atom stereocenters. The van der Waals surface area contributed by atoms with Gasteiger partial charge in [0.25, 0.3) is 5.91 Å². The molecular weight excluding hydrogens is 314 g/mol. The van der Waals surface area contributed by atoms with Crippen LogP contribution in [0, 0.1) is 0 Å². The molecule has 0 radical (unpaired) electrons. The molecule has 21 heavy (non-hydrogen) atoms. The Morgan fingerprint density at radius 1 is 1.43 bits per heavy atom. The average molecular weight is 333 g/mol. The number of hydrogen-bond donors (Lipinski definition) is 4. The Labute approximate surface area is 127 Å². The first-order chi connectivity index (χ1) is 9.85. The van der Waals surface area contributed by atoms with Gasteiger partial charge in [-0.2, -0.15) is 0 Å². The van der Waals surface area contributed by atoms with Crippen molar-refractivity contribution in [3.05, 3.63) is 4.88 Å². The molecule has 0 atom stereocenters. The Morgan fingerprint density at radius 3 is 2.76 bits per heavy atom. The molecular formula is C11H19N5O3S2. The van der Waals surface area contributed by atoms with Crippen molar-refractivity contribution < 1.29 is 13.2 Å². The highest BCUT2D eigenvalue weighted by Gasteiger charge is 2.24. The lowest BCUT2D eigenvalue weighted by atomic mass is 10.4. The van der Waals surface area contributed by atoms with Gasteiger partial charge in [-0.15, -0.1) is 0 Å². The van der Waals surface area contributed by atoms with Gasteiger partial charge in [0.05, 0.1) is 6.26 Å². The third-order valence-electron chi connectivity index (χ3n) is 2.77. The Balaban J connectivity index is 1.76. The number of aromatic nitrogens is 1. The van der Waals surface area contributed by atoms with Crippen LogP contribution in [0.15, 0.2) is 0 Å². The van der Waals surface area contributed by atoms with E-state index in [4.69, 9.17) is 5.73 Å². The number of hydrogen-bond acceptors (Lipinski definition) is 7. The number of rotatable bonds is 8. The summed E-state index contributed by atoms with van der Waals surface area (Å²) in [4.78, 5) is 16.5. The molecule has 1 fully saturated rings. The predicted octanol–water partition coefficient (Wildman–Crippen LogP) is -0.0313.